The Labute approximate surface area is 98.4 Å². The van der Waals surface area contributed by atoms with E-state index in [1.807, 2.05) is 0 Å². The third-order valence-corrected chi connectivity index (χ3v) is 4.40. The third kappa shape index (κ3) is 1.29. The van der Waals surface area contributed by atoms with Crippen LogP contribution in [0, 0.1) is 0 Å². The van der Waals surface area contributed by atoms with E-state index in [2.05, 4.69) is 37.3 Å². The molecule has 0 heterocycles. The first-order valence-electron chi connectivity index (χ1n) is 6.67. The smallest absolute Gasteiger partial charge is 0.0171 e. The zero-order valence-corrected chi connectivity index (χ0v) is 10.1. The number of rotatable bonds is 2. The van der Waals surface area contributed by atoms with Crippen LogP contribution in [0.3, 0.4) is 0 Å². The lowest BCUT2D eigenvalue weighted by Gasteiger charge is -2.29. The highest BCUT2D eigenvalue weighted by atomic mass is 14.5. The van der Waals surface area contributed by atoms with E-state index in [0.29, 0.717) is 5.41 Å². The maximum atomic E-state index is 2.48. The van der Waals surface area contributed by atoms with Gasteiger partial charge in [0, 0.05) is 5.41 Å². The van der Waals surface area contributed by atoms with Crippen LogP contribution in [0.1, 0.15) is 56.6 Å². The Kier molecular flexibility index (Phi) is 2.38. The fourth-order valence-corrected chi connectivity index (χ4v) is 3.71. The molecule has 3 rings (SSSR count). The molecule has 0 unspecified atom stereocenters. The zero-order chi connectivity index (χ0) is 11.0. The molecule has 0 aromatic heterocycles. The van der Waals surface area contributed by atoms with Gasteiger partial charge in [0.05, 0.1) is 0 Å². The fourth-order valence-electron chi connectivity index (χ4n) is 3.71. The van der Waals surface area contributed by atoms with E-state index in [4.69, 9.17) is 0 Å². The Balaban J connectivity index is 2.09. The number of hydrogen-bond acceptors (Lipinski definition) is 0. The normalized spacial score (nSPS) is 21.2. The number of hydrogen-bond donors (Lipinski definition) is 0. The van der Waals surface area contributed by atoms with Crippen molar-refractivity contribution >= 4 is 6.08 Å². The van der Waals surface area contributed by atoms with E-state index >= 15 is 0 Å². The molecule has 0 nitrogen and oxygen atoms in total. The van der Waals surface area contributed by atoms with Crippen LogP contribution in [0.5, 0.6) is 0 Å². The summed E-state index contributed by atoms with van der Waals surface area (Å²) in [6.45, 7) is 2.30. The minimum absolute atomic E-state index is 0.451. The maximum Gasteiger partial charge on any atom is 0.0171 e. The summed E-state index contributed by atoms with van der Waals surface area (Å²) in [6.07, 6.45) is 10.6. The Morgan fingerprint density at radius 3 is 2.62 bits per heavy atom. The van der Waals surface area contributed by atoms with Crippen LogP contribution in [-0.2, 0) is 5.41 Å². The Bertz CT molecular complexity index is 419. The summed E-state index contributed by atoms with van der Waals surface area (Å²) in [5.74, 6) is 0. The zero-order valence-electron chi connectivity index (χ0n) is 10.1. The quantitative estimate of drug-likeness (QED) is 0.667. The monoisotopic (exact) mass is 212 g/mol. The highest BCUT2D eigenvalue weighted by molar-refractivity contribution is 5.69. The van der Waals surface area contributed by atoms with E-state index in [-0.39, 0.29) is 0 Å². The van der Waals surface area contributed by atoms with E-state index in [1.54, 1.807) is 11.1 Å². The number of allylic oxidation sites excluding steroid dienone is 1. The molecule has 0 radical (unpaired) electrons. The van der Waals surface area contributed by atoms with E-state index in [1.165, 1.54) is 44.1 Å². The number of fused-ring (bicyclic) bond motifs is 2. The van der Waals surface area contributed by atoms with Crippen molar-refractivity contribution in [1.29, 1.82) is 0 Å². The summed E-state index contributed by atoms with van der Waals surface area (Å²) in [6, 6.07) is 9.03. The van der Waals surface area contributed by atoms with Crippen molar-refractivity contribution in [2.75, 3.05) is 0 Å². The van der Waals surface area contributed by atoms with Gasteiger partial charge < -0.3 is 0 Å². The van der Waals surface area contributed by atoms with Crippen LogP contribution in [0.4, 0.5) is 0 Å². The highest BCUT2D eigenvalue weighted by Gasteiger charge is 2.42. The first kappa shape index (κ1) is 10.1. The molecular weight excluding hydrogens is 192 g/mol. The summed E-state index contributed by atoms with van der Waals surface area (Å²) in [5.41, 5.74) is 5.28. The number of benzene rings is 1. The van der Waals surface area contributed by atoms with Gasteiger partial charge in [-0.1, -0.05) is 62.1 Å². The van der Waals surface area contributed by atoms with Crippen molar-refractivity contribution in [1.82, 2.24) is 0 Å². The van der Waals surface area contributed by atoms with Gasteiger partial charge in [0.15, 0.2) is 0 Å². The van der Waals surface area contributed by atoms with E-state index in [9.17, 15) is 0 Å². The van der Waals surface area contributed by atoms with Crippen molar-refractivity contribution in [3.63, 3.8) is 0 Å². The average Bonchev–Trinajstić information content (AvgIpc) is 2.89. The Morgan fingerprint density at radius 2 is 1.88 bits per heavy atom. The fraction of sp³-hybridized carbons (Fsp3) is 0.500. The molecule has 84 valence electrons. The second-order valence-electron chi connectivity index (χ2n) is 5.30. The minimum Gasteiger partial charge on any atom is -0.0651 e. The molecule has 1 fully saturated rings. The Hall–Kier alpha value is -1.04. The summed E-state index contributed by atoms with van der Waals surface area (Å²) >= 11 is 0. The lowest BCUT2D eigenvalue weighted by atomic mass is 9.74. The summed E-state index contributed by atoms with van der Waals surface area (Å²) in [7, 11) is 0. The molecule has 16 heavy (non-hydrogen) atoms. The first-order chi connectivity index (χ1) is 7.87. The van der Waals surface area contributed by atoms with Crippen LogP contribution in [0.25, 0.3) is 6.08 Å². The third-order valence-electron chi connectivity index (χ3n) is 4.40. The second kappa shape index (κ2) is 3.76. The van der Waals surface area contributed by atoms with Crippen molar-refractivity contribution in [2.45, 2.75) is 50.9 Å². The highest BCUT2D eigenvalue weighted by Crippen LogP contribution is 2.53. The van der Waals surface area contributed by atoms with Crippen molar-refractivity contribution in [3.05, 3.63) is 41.0 Å². The Morgan fingerprint density at radius 1 is 1.12 bits per heavy atom. The molecule has 1 saturated carbocycles. The lowest BCUT2D eigenvalue weighted by Crippen LogP contribution is -2.22. The lowest BCUT2D eigenvalue weighted by molar-refractivity contribution is 0.512. The van der Waals surface area contributed by atoms with E-state index < -0.39 is 0 Å². The summed E-state index contributed by atoms with van der Waals surface area (Å²) in [4.78, 5) is 0. The molecule has 1 aromatic rings. The molecular formula is C16H20. The van der Waals surface area contributed by atoms with Gasteiger partial charge in [-0.05, 0) is 30.4 Å². The molecule has 2 aliphatic carbocycles. The van der Waals surface area contributed by atoms with Gasteiger partial charge in [-0.2, -0.15) is 0 Å². The standard InChI is InChI=1S/C16H20/c1-2-7-14-12-13-8-3-4-9-15(13)16(14)10-5-6-11-16/h3-4,8-9,12H,2,5-7,10-11H2,1H3. The molecule has 1 aromatic carbocycles. The molecule has 2 aliphatic rings. The van der Waals surface area contributed by atoms with Gasteiger partial charge >= 0.3 is 0 Å². The van der Waals surface area contributed by atoms with Crippen LogP contribution >= 0.6 is 0 Å². The van der Waals surface area contributed by atoms with Crippen LogP contribution < -0.4 is 0 Å². The van der Waals surface area contributed by atoms with Crippen LogP contribution in [-0.4, -0.2) is 0 Å². The molecule has 0 N–H and O–H groups in total. The van der Waals surface area contributed by atoms with Gasteiger partial charge in [0.2, 0.25) is 0 Å². The van der Waals surface area contributed by atoms with E-state index in [0.717, 1.165) is 0 Å². The molecule has 0 aliphatic heterocycles. The predicted octanol–water partition coefficient (Wildman–Crippen LogP) is 4.70. The minimum atomic E-state index is 0.451. The molecule has 0 heteroatoms. The average molecular weight is 212 g/mol. The molecule has 0 amide bonds. The largest absolute Gasteiger partial charge is 0.0651 e. The van der Waals surface area contributed by atoms with Gasteiger partial charge in [-0.3, -0.25) is 0 Å². The van der Waals surface area contributed by atoms with Gasteiger partial charge in [0.1, 0.15) is 0 Å². The van der Waals surface area contributed by atoms with Crippen LogP contribution in [0.2, 0.25) is 0 Å². The summed E-state index contributed by atoms with van der Waals surface area (Å²) in [5, 5.41) is 0. The topological polar surface area (TPSA) is 0 Å². The van der Waals surface area contributed by atoms with Gasteiger partial charge in [-0.15, -0.1) is 0 Å². The van der Waals surface area contributed by atoms with Crippen LogP contribution in [0.15, 0.2) is 29.8 Å². The van der Waals surface area contributed by atoms with Crippen molar-refractivity contribution < 1.29 is 0 Å². The molecule has 0 saturated heterocycles. The van der Waals surface area contributed by atoms with Crippen molar-refractivity contribution in [3.8, 4) is 0 Å². The SMILES string of the molecule is CCCC1=Cc2ccccc2C12CCCC2. The summed E-state index contributed by atoms with van der Waals surface area (Å²) < 4.78 is 0. The van der Waals surface area contributed by atoms with Crippen molar-refractivity contribution in [2.24, 2.45) is 0 Å². The molecule has 1 spiro atoms. The molecule has 0 bridgehead atoms. The van der Waals surface area contributed by atoms with Gasteiger partial charge in [0.25, 0.3) is 0 Å². The maximum absolute atomic E-state index is 2.48. The molecule has 0 atom stereocenters. The van der Waals surface area contributed by atoms with Gasteiger partial charge in [-0.25, -0.2) is 0 Å². The second-order valence-corrected chi connectivity index (χ2v) is 5.30. The first-order valence-corrected chi connectivity index (χ1v) is 6.67. The predicted molar refractivity (Wildman–Crippen MR) is 69.5 cm³/mol.